The average Bonchev–Trinajstić information content (AvgIpc) is 2.42. The molecule has 0 amide bonds. The largest absolute Gasteiger partial charge is 0.439 e. The van der Waals surface area contributed by atoms with Crippen molar-refractivity contribution in [1.82, 2.24) is 4.98 Å². The molecule has 1 heterocycles. The topological polar surface area (TPSA) is 71.9 Å². The van der Waals surface area contributed by atoms with E-state index >= 15 is 0 Å². The lowest BCUT2D eigenvalue weighted by molar-refractivity contribution is 0.458. The Morgan fingerprint density at radius 3 is 2.68 bits per heavy atom. The van der Waals surface area contributed by atoms with Crippen LogP contribution in [-0.4, -0.2) is 4.98 Å². The summed E-state index contributed by atoms with van der Waals surface area (Å²) in [6.07, 6.45) is 1.70. The van der Waals surface area contributed by atoms with E-state index in [1.165, 1.54) is 0 Å². The van der Waals surface area contributed by atoms with Gasteiger partial charge in [0.15, 0.2) is 0 Å². The van der Waals surface area contributed by atoms with Gasteiger partial charge in [-0.25, -0.2) is 4.98 Å². The van der Waals surface area contributed by atoms with E-state index in [0.29, 0.717) is 17.2 Å². The fourth-order valence-electron chi connectivity index (χ4n) is 1.61. The molecule has 1 aromatic heterocycles. The van der Waals surface area contributed by atoms with Crippen LogP contribution in [0.1, 0.15) is 29.7 Å². The van der Waals surface area contributed by atoms with Gasteiger partial charge in [-0.05, 0) is 37.1 Å². The smallest absolute Gasteiger partial charge is 0.219 e. The molecule has 0 spiro atoms. The van der Waals surface area contributed by atoms with Gasteiger partial charge in [0.2, 0.25) is 5.88 Å². The standard InChI is InChI=1S/C15H15N3O/c1-10-3-4-12(8-16)7-14(10)19-15-6-5-13(9-18-15)11(2)17/h3-7,9,11H,17H2,1-2H3/t11-/m0/s1. The maximum Gasteiger partial charge on any atom is 0.219 e. The zero-order chi connectivity index (χ0) is 13.8. The van der Waals surface area contributed by atoms with Gasteiger partial charge >= 0.3 is 0 Å². The van der Waals surface area contributed by atoms with E-state index in [4.69, 9.17) is 15.7 Å². The van der Waals surface area contributed by atoms with E-state index in [1.54, 1.807) is 24.4 Å². The van der Waals surface area contributed by atoms with Gasteiger partial charge in [-0.1, -0.05) is 12.1 Å². The van der Waals surface area contributed by atoms with Crippen LogP contribution in [0.15, 0.2) is 36.5 Å². The Labute approximate surface area is 112 Å². The molecular weight excluding hydrogens is 238 g/mol. The maximum atomic E-state index is 8.88. The van der Waals surface area contributed by atoms with Crippen molar-refractivity contribution in [1.29, 1.82) is 5.26 Å². The lowest BCUT2D eigenvalue weighted by atomic mass is 10.1. The van der Waals surface area contributed by atoms with Gasteiger partial charge in [0.1, 0.15) is 5.75 Å². The molecule has 19 heavy (non-hydrogen) atoms. The van der Waals surface area contributed by atoms with Crippen LogP contribution in [0.4, 0.5) is 0 Å². The van der Waals surface area contributed by atoms with Gasteiger partial charge in [0.25, 0.3) is 0 Å². The van der Waals surface area contributed by atoms with Crippen molar-refractivity contribution in [2.45, 2.75) is 19.9 Å². The highest BCUT2D eigenvalue weighted by Crippen LogP contribution is 2.25. The second-order valence-electron chi connectivity index (χ2n) is 4.41. The highest BCUT2D eigenvalue weighted by atomic mass is 16.5. The summed E-state index contributed by atoms with van der Waals surface area (Å²) in [6.45, 7) is 3.82. The van der Waals surface area contributed by atoms with Crippen LogP contribution in [0.5, 0.6) is 11.6 Å². The van der Waals surface area contributed by atoms with E-state index in [9.17, 15) is 0 Å². The monoisotopic (exact) mass is 253 g/mol. The average molecular weight is 253 g/mol. The lowest BCUT2D eigenvalue weighted by Gasteiger charge is -2.09. The van der Waals surface area contributed by atoms with Gasteiger partial charge in [0.05, 0.1) is 11.6 Å². The van der Waals surface area contributed by atoms with E-state index in [1.807, 2.05) is 26.0 Å². The molecule has 0 unspecified atom stereocenters. The number of hydrogen-bond acceptors (Lipinski definition) is 4. The molecule has 0 aliphatic heterocycles. The first-order chi connectivity index (χ1) is 9.10. The lowest BCUT2D eigenvalue weighted by Crippen LogP contribution is -2.05. The fourth-order valence-corrected chi connectivity index (χ4v) is 1.61. The van der Waals surface area contributed by atoms with Crippen LogP contribution in [0.3, 0.4) is 0 Å². The van der Waals surface area contributed by atoms with Crippen LogP contribution >= 0.6 is 0 Å². The highest BCUT2D eigenvalue weighted by molar-refractivity contribution is 5.43. The molecule has 0 radical (unpaired) electrons. The minimum atomic E-state index is -0.0507. The van der Waals surface area contributed by atoms with Gasteiger partial charge in [-0.15, -0.1) is 0 Å². The van der Waals surface area contributed by atoms with Crippen LogP contribution in [-0.2, 0) is 0 Å². The molecule has 4 heteroatoms. The second kappa shape index (κ2) is 5.51. The Kier molecular flexibility index (Phi) is 3.79. The number of hydrogen-bond donors (Lipinski definition) is 1. The number of benzene rings is 1. The second-order valence-corrected chi connectivity index (χ2v) is 4.41. The molecule has 2 aromatic rings. The summed E-state index contributed by atoms with van der Waals surface area (Å²) >= 11 is 0. The summed E-state index contributed by atoms with van der Waals surface area (Å²) in [5.74, 6) is 1.13. The van der Waals surface area contributed by atoms with Crippen molar-refractivity contribution in [3.63, 3.8) is 0 Å². The van der Waals surface area contributed by atoms with Gasteiger partial charge in [-0.3, -0.25) is 0 Å². The molecule has 2 N–H and O–H groups in total. The van der Waals surface area contributed by atoms with Crippen molar-refractivity contribution in [3.05, 3.63) is 53.2 Å². The van der Waals surface area contributed by atoms with E-state index < -0.39 is 0 Å². The van der Waals surface area contributed by atoms with Crippen molar-refractivity contribution in [3.8, 4) is 17.7 Å². The summed E-state index contributed by atoms with van der Waals surface area (Å²) in [6, 6.07) is 11.0. The van der Waals surface area contributed by atoms with Gasteiger partial charge in [0, 0.05) is 18.3 Å². The first-order valence-corrected chi connectivity index (χ1v) is 6.00. The maximum absolute atomic E-state index is 8.88. The summed E-state index contributed by atoms with van der Waals surface area (Å²) in [4.78, 5) is 4.21. The first-order valence-electron chi connectivity index (χ1n) is 6.00. The Balaban J connectivity index is 2.24. The number of rotatable bonds is 3. The number of nitrogens with two attached hydrogens (primary N) is 1. The minimum absolute atomic E-state index is 0.0507. The van der Waals surface area contributed by atoms with Crippen LogP contribution in [0.2, 0.25) is 0 Å². The van der Waals surface area contributed by atoms with Crippen LogP contribution in [0, 0.1) is 18.3 Å². The zero-order valence-electron chi connectivity index (χ0n) is 10.9. The van der Waals surface area contributed by atoms with E-state index in [2.05, 4.69) is 11.1 Å². The molecule has 0 saturated heterocycles. The van der Waals surface area contributed by atoms with Crippen molar-refractivity contribution in [2.24, 2.45) is 5.73 Å². The molecule has 1 aromatic carbocycles. The summed E-state index contributed by atoms with van der Waals surface area (Å²) in [5, 5.41) is 8.88. The predicted octanol–water partition coefficient (Wildman–Crippen LogP) is 3.07. The van der Waals surface area contributed by atoms with Crippen molar-refractivity contribution in [2.75, 3.05) is 0 Å². The van der Waals surface area contributed by atoms with Crippen LogP contribution < -0.4 is 10.5 Å². The third-order valence-corrected chi connectivity index (χ3v) is 2.82. The molecule has 1 atom stereocenters. The first kappa shape index (κ1) is 13.1. The number of aromatic nitrogens is 1. The number of nitriles is 1. The fraction of sp³-hybridized carbons (Fsp3) is 0.200. The Morgan fingerprint density at radius 2 is 2.11 bits per heavy atom. The molecule has 2 rings (SSSR count). The Morgan fingerprint density at radius 1 is 1.32 bits per heavy atom. The van der Waals surface area contributed by atoms with E-state index in [0.717, 1.165) is 11.1 Å². The predicted molar refractivity (Wildman–Crippen MR) is 72.8 cm³/mol. The van der Waals surface area contributed by atoms with Crippen molar-refractivity contribution < 1.29 is 4.74 Å². The van der Waals surface area contributed by atoms with Gasteiger partial charge < -0.3 is 10.5 Å². The Bertz CT molecular complexity index is 612. The number of pyridine rings is 1. The summed E-state index contributed by atoms with van der Waals surface area (Å²) in [5.41, 5.74) is 8.23. The molecule has 96 valence electrons. The minimum Gasteiger partial charge on any atom is -0.439 e. The quantitative estimate of drug-likeness (QED) is 0.912. The third kappa shape index (κ3) is 3.09. The molecule has 0 aliphatic rings. The normalized spacial score (nSPS) is 11.7. The molecule has 0 bridgehead atoms. The molecular formula is C15H15N3O. The summed E-state index contributed by atoms with van der Waals surface area (Å²) < 4.78 is 5.68. The van der Waals surface area contributed by atoms with Gasteiger partial charge in [-0.2, -0.15) is 5.26 Å². The molecule has 0 saturated carbocycles. The number of ether oxygens (including phenoxy) is 1. The van der Waals surface area contributed by atoms with E-state index in [-0.39, 0.29) is 6.04 Å². The SMILES string of the molecule is Cc1ccc(C#N)cc1Oc1ccc([C@H](C)N)cn1. The molecule has 4 nitrogen and oxygen atoms in total. The molecule has 0 aliphatic carbocycles. The zero-order valence-corrected chi connectivity index (χ0v) is 10.9. The van der Waals surface area contributed by atoms with Crippen LogP contribution in [0.25, 0.3) is 0 Å². The number of nitrogens with zero attached hydrogens (tertiary/aromatic N) is 2. The number of aryl methyl sites for hydroxylation is 1. The summed E-state index contributed by atoms with van der Waals surface area (Å²) in [7, 11) is 0. The molecule has 0 fully saturated rings. The highest BCUT2D eigenvalue weighted by Gasteiger charge is 2.05. The van der Waals surface area contributed by atoms with Crippen molar-refractivity contribution >= 4 is 0 Å². The third-order valence-electron chi connectivity index (χ3n) is 2.82. The Hall–Kier alpha value is -2.38.